The van der Waals surface area contributed by atoms with E-state index in [0.29, 0.717) is 0 Å². The van der Waals surface area contributed by atoms with E-state index in [1.54, 1.807) is 11.3 Å². The molecule has 1 fully saturated rings. The summed E-state index contributed by atoms with van der Waals surface area (Å²) in [5, 5.41) is 12.4. The Bertz CT molecular complexity index is 741. The van der Waals surface area contributed by atoms with Gasteiger partial charge >= 0.3 is 3.98 Å². The fraction of sp³-hybridized carbons (Fsp3) is 0.400. The molecule has 0 radical (unpaired) electrons. The summed E-state index contributed by atoms with van der Waals surface area (Å²) >= 11 is 8.06. The summed E-state index contributed by atoms with van der Waals surface area (Å²) in [6, 6.07) is 3.97. The fourth-order valence-corrected chi connectivity index (χ4v) is 7.09. The van der Waals surface area contributed by atoms with Crippen LogP contribution in [0, 0.1) is 14.1 Å². The van der Waals surface area contributed by atoms with Gasteiger partial charge in [-0.05, 0) is 76.2 Å². The van der Waals surface area contributed by atoms with Crippen molar-refractivity contribution in [3.8, 4) is 16.2 Å². The van der Waals surface area contributed by atoms with E-state index in [4.69, 9.17) is 0 Å². The van der Waals surface area contributed by atoms with Gasteiger partial charge in [0, 0.05) is 24.9 Å². The highest BCUT2D eigenvalue weighted by Crippen LogP contribution is 2.37. The molecular weight excluding hydrogens is 528 g/mol. The molecule has 2 aromatic rings. The molecule has 0 amide bonds. The third kappa shape index (κ3) is 3.48. The zero-order chi connectivity index (χ0) is 15.0. The molecule has 3 rings (SSSR count). The third-order valence-electron chi connectivity index (χ3n) is 3.62. The number of aryl methyl sites for hydroxylation is 1. The van der Waals surface area contributed by atoms with Crippen LogP contribution >= 0.6 is 67.9 Å². The van der Waals surface area contributed by atoms with Crippen LogP contribution in [0.1, 0.15) is 24.1 Å². The van der Waals surface area contributed by atoms with Crippen molar-refractivity contribution >= 4 is 67.9 Å². The maximum atomic E-state index is 12.4. The van der Waals surface area contributed by atoms with Gasteiger partial charge < -0.3 is 5.11 Å². The molecule has 1 aliphatic heterocycles. The largest absolute Gasteiger partial charge is 0.871 e. The van der Waals surface area contributed by atoms with Crippen molar-refractivity contribution in [2.24, 2.45) is 0 Å². The third-order valence-corrected chi connectivity index (χ3v) is 7.78. The Morgan fingerprint density at radius 1 is 1.10 bits per heavy atom. The zero-order valence-electron chi connectivity index (χ0n) is 11.6. The van der Waals surface area contributed by atoms with E-state index in [2.05, 4.69) is 56.7 Å². The van der Waals surface area contributed by atoms with Crippen molar-refractivity contribution in [2.75, 3.05) is 13.1 Å². The average molecular weight is 543 g/mol. The molecule has 1 aliphatic rings. The van der Waals surface area contributed by atoms with Crippen molar-refractivity contribution in [3.05, 3.63) is 28.1 Å². The minimum Gasteiger partial charge on any atom is -0.871 e. The second kappa shape index (κ2) is 6.84. The highest BCUT2D eigenvalue weighted by atomic mass is 127. The van der Waals surface area contributed by atoms with Crippen molar-refractivity contribution in [2.45, 2.75) is 26.2 Å². The van der Waals surface area contributed by atoms with Gasteiger partial charge in [-0.25, -0.2) is 4.58 Å². The summed E-state index contributed by atoms with van der Waals surface area (Å²) in [6.07, 6.45) is 3.91. The van der Waals surface area contributed by atoms with Crippen LogP contribution < -0.4 is 13.7 Å². The maximum Gasteiger partial charge on any atom is 0.314 e. The first kappa shape index (κ1) is 16.2. The minimum atomic E-state index is 0.165. The lowest BCUT2D eigenvalue weighted by molar-refractivity contribution is -0.268. The van der Waals surface area contributed by atoms with Gasteiger partial charge in [-0.3, -0.25) is 0 Å². The number of hydrogen-bond donors (Lipinski definition) is 0. The van der Waals surface area contributed by atoms with Crippen LogP contribution in [0.3, 0.4) is 0 Å². The van der Waals surface area contributed by atoms with Crippen LogP contribution in [0.4, 0.5) is 0 Å². The molecule has 21 heavy (non-hydrogen) atoms. The molecule has 0 saturated carbocycles. The Labute approximate surface area is 159 Å². The zero-order valence-corrected chi connectivity index (χ0v) is 17.6. The Kier molecular flexibility index (Phi) is 5.27. The first-order valence-electron chi connectivity index (χ1n) is 6.91. The number of rotatable bonds is 1. The lowest BCUT2D eigenvalue weighted by Crippen LogP contribution is -2.31. The summed E-state index contributed by atoms with van der Waals surface area (Å²) in [5.74, 6) is 0.165. The lowest BCUT2D eigenvalue weighted by atomic mass is 10.1. The number of halogens is 2. The van der Waals surface area contributed by atoms with Crippen LogP contribution in [0.5, 0.6) is 5.75 Å². The van der Waals surface area contributed by atoms with Gasteiger partial charge in [0.15, 0.2) is 0 Å². The van der Waals surface area contributed by atoms with Gasteiger partial charge in [0.1, 0.15) is 13.1 Å². The molecule has 0 aliphatic carbocycles. The molecule has 1 aromatic carbocycles. The summed E-state index contributed by atoms with van der Waals surface area (Å²) in [4.78, 5) is 2.41. The van der Waals surface area contributed by atoms with Gasteiger partial charge in [-0.1, -0.05) is 28.4 Å². The van der Waals surface area contributed by atoms with Crippen molar-refractivity contribution in [1.29, 1.82) is 0 Å². The van der Waals surface area contributed by atoms with E-state index in [0.717, 1.165) is 30.7 Å². The molecule has 6 heteroatoms. The minimum absolute atomic E-state index is 0.165. The monoisotopic (exact) mass is 543 g/mol. The van der Waals surface area contributed by atoms with E-state index >= 15 is 0 Å². The summed E-state index contributed by atoms with van der Waals surface area (Å²) in [6.45, 7) is 4.45. The standard InChI is InChI=1S/C15H15I2NOS2/c1-9-14(11-7-10(16)8-12(17)13(11)19)21-15(20-9)18-5-3-2-4-6-18/h7-8H,2-6H2,1H3. The van der Waals surface area contributed by atoms with E-state index in [1.807, 2.05) is 23.5 Å². The van der Waals surface area contributed by atoms with Crippen LogP contribution in [0.15, 0.2) is 12.1 Å². The molecule has 1 saturated heterocycles. The van der Waals surface area contributed by atoms with Gasteiger partial charge in [0.2, 0.25) is 0 Å². The molecule has 2 heterocycles. The average Bonchev–Trinajstić information content (AvgIpc) is 2.86. The highest BCUT2D eigenvalue weighted by Gasteiger charge is 2.17. The highest BCUT2D eigenvalue weighted by molar-refractivity contribution is 14.1. The van der Waals surface area contributed by atoms with E-state index in [-0.39, 0.29) is 5.75 Å². The topological polar surface area (TPSA) is 26.1 Å². The Morgan fingerprint density at radius 3 is 2.52 bits per heavy atom. The summed E-state index contributed by atoms with van der Waals surface area (Å²) in [5.41, 5.74) is 0.869. The SMILES string of the molecule is Cc1sc(=[N+]2CCCCC2)sc1-c1cc(I)cc(I)c1[O-]. The Morgan fingerprint density at radius 2 is 1.81 bits per heavy atom. The molecular formula is C15H15I2NOS2. The molecule has 0 atom stereocenters. The molecule has 1 aromatic heterocycles. The van der Waals surface area contributed by atoms with E-state index < -0.39 is 0 Å². The van der Waals surface area contributed by atoms with Gasteiger partial charge in [0.05, 0.1) is 4.88 Å². The van der Waals surface area contributed by atoms with Gasteiger partial charge in [0.25, 0.3) is 0 Å². The van der Waals surface area contributed by atoms with E-state index in [1.165, 1.54) is 28.1 Å². The quantitative estimate of drug-likeness (QED) is 0.395. The second-order valence-corrected chi connectivity index (χ2v) is 10.0. The van der Waals surface area contributed by atoms with Gasteiger partial charge in [-0.15, -0.1) is 0 Å². The van der Waals surface area contributed by atoms with Crippen LogP contribution in [0.2, 0.25) is 0 Å². The summed E-state index contributed by atoms with van der Waals surface area (Å²) in [7, 11) is 0. The second-order valence-electron chi connectivity index (χ2n) is 5.17. The fourth-order valence-electron chi connectivity index (χ4n) is 2.54. The number of nitrogens with zero attached hydrogens (tertiary/aromatic N) is 1. The smallest absolute Gasteiger partial charge is 0.314 e. The van der Waals surface area contributed by atoms with Crippen molar-refractivity contribution < 1.29 is 5.11 Å². The Balaban J connectivity index is 2.14. The summed E-state index contributed by atoms with van der Waals surface area (Å²) < 4.78 is 5.78. The maximum absolute atomic E-state index is 12.4. The molecule has 0 spiro atoms. The number of piperidine rings is 1. The normalized spacial score (nSPS) is 15.5. The predicted octanol–water partition coefficient (Wildman–Crippen LogP) is 4.02. The van der Waals surface area contributed by atoms with Crippen molar-refractivity contribution in [1.82, 2.24) is 4.58 Å². The molecule has 0 unspecified atom stereocenters. The molecule has 112 valence electrons. The first-order valence-corrected chi connectivity index (χ1v) is 10.7. The molecule has 0 N–H and O–H groups in total. The van der Waals surface area contributed by atoms with Crippen LogP contribution in [-0.2, 0) is 0 Å². The van der Waals surface area contributed by atoms with Gasteiger partial charge in [-0.2, -0.15) is 0 Å². The number of benzene rings is 1. The Hall–Kier alpha value is 0.330. The first-order chi connectivity index (χ1) is 10.1. The number of hydrogen-bond acceptors (Lipinski definition) is 3. The predicted molar refractivity (Wildman–Crippen MR) is 106 cm³/mol. The molecule has 0 bridgehead atoms. The van der Waals surface area contributed by atoms with Crippen molar-refractivity contribution in [3.63, 3.8) is 0 Å². The van der Waals surface area contributed by atoms with Crippen LogP contribution in [0.25, 0.3) is 10.4 Å². The molecule has 2 nitrogen and oxygen atoms in total. The lowest BCUT2D eigenvalue weighted by Gasteiger charge is -2.15. The van der Waals surface area contributed by atoms with E-state index in [9.17, 15) is 5.11 Å². The van der Waals surface area contributed by atoms with Crippen LogP contribution in [-0.4, -0.2) is 13.1 Å².